The van der Waals surface area contributed by atoms with Gasteiger partial charge in [0.2, 0.25) is 0 Å². The van der Waals surface area contributed by atoms with Gasteiger partial charge < -0.3 is 0 Å². The molecule has 0 aromatic heterocycles. The molecule has 0 heteroatoms. The van der Waals surface area contributed by atoms with Crippen LogP contribution in [0.15, 0.2) is 37.0 Å². The summed E-state index contributed by atoms with van der Waals surface area (Å²) in [6.07, 6.45) is 21.3. The maximum Gasteiger partial charge on any atom is -0.0133 e. The molecule has 0 amide bonds. The zero-order valence-corrected chi connectivity index (χ0v) is 11.9. The Morgan fingerprint density at radius 3 is 2.89 bits per heavy atom. The summed E-state index contributed by atoms with van der Waals surface area (Å²) in [6.45, 7) is 6.29. The monoisotopic (exact) mass is 244 g/mol. The molecule has 0 aliphatic heterocycles. The van der Waals surface area contributed by atoms with E-state index in [0.29, 0.717) is 0 Å². The van der Waals surface area contributed by atoms with Crippen molar-refractivity contribution in [1.29, 1.82) is 0 Å². The second-order valence-corrected chi connectivity index (χ2v) is 5.98. The first-order valence-corrected chi connectivity index (χ1v) is 7.82. The van der Waals surface area contributed by atoms with Gasteiger partial charge in [-0.1, -0.05) is 56.6 Å². The Balaban J connectivity index is 1.77. The topological polar surface area (TPSA) is 0 Å². The Morgan fingerprint density at radius 2 is 2.11 bits per heavy atom. The molecular formula is C18H28. The van der Waals surface area contributed by atoms with Gasteiger partial charge in [0.05, 0.1) is 0 Å². The third-order valence-electron chi connectivity index (χ3n) is 4.76. The highest BCUT2D eigenvalue weighted by molar-refractivity contribution is 5.15. The molecule has 0 nitrogen and oxygen atoms in total. The van der Waals surface area contributed by atoms with Gasteiger partial charge in [-0.3, -0.25) is 0 Å². The Hall–Kier alpha value is -0.780. The van der Waals surface area contributed by atoms with Gasteiger partial charge in [-0.15, -0.1) is 6.58 Å². The van der Waals surface area contributed by atoms with Crippen LogP contribution in [0, 0.1) is 23.7 Å². The van der Waals surface area contributed by atoms with Crippen LogP contribution >= 0.6 is 0 Å². The van der Waals surface area contributed by atoms with Gasteiger partial charge in [0.15, 0.2) is 0 Å². The van der Waals surface area contributed by atoms with Crippen molar-refractivity contribution < 1.29 is 0 Å². The summed E-state index contributed by atoms with van der Waals surface area (Å²) in [5.41, 5.74) is 0. The van der Waals surface area contributed by atoms with E-state index in [1.165, 1.54) is 44.9 Å². The van der Waals surface area contributed by atoms with E-state index in [2.05, 4.69) is 43.9 Å². The minimum atomic E-state index is 0.750. The molecule has 0 saturated heterocycles. The highest BCUT2D eigenvalue weighted by Crippen LogP contribution is 2.48. The smallest absolute Gasteiger partial charge is 0.0133 e. The van der Waals surface area contributed by atoms with E-state index in [9.17, 15) is 0 Å². The number of allylic oxidation sites excluding steroid dienone is 5. The van der Waals surface area contributed by atoms with Crippen LogP contribution in [0.4, 0.5) is 0 Å². The standard InChI is InChI=1S/C18H28/c1-3-5-6-7-8-9-11-16-14-15(4-2)17-12-10-13-18(16)17/h4,9-11,13,15-18H,2-3,5-8,12,14H2,1H3/b11-9+. The van der Waals surface area contributed by atoms with Gasteiger partial charge in [-0.05, 0) is 49.4 Å². The molecule has 4 atom stereocenters. The van der Waals surface area contributed by atoms with E-state index in [0.717, 1.165) is 23.7 Å². The minimum absolute atomic E-state index is 0.750. The van der Waals surface area contributed by atoms with E-state index in [1.54, 1.807) is 0 Å². The summed E-state index contributed by atoms with van der Waals surface area (Å²) in [7, 11) is 0. The summed E-state index contributed by atoms with van der Waals surface area (Å²) in [4.78, 5) is 0. The maximum absolute atomic E-state index is 4.02. The lowest BCUT2D eigenvalue weighted by molar-refractivity contribution is 0.414. The Kier molecular flexibility index (Phi) is 5.28. The second-order valence-electron chi connectivity index (χ2n) is 5.98. The third kappa shape index (κ3) is 3.16. The lowest BCUT2D eigenvalue weighted by Crippen LogP contribution is -2.09. The van der Waals surface area contributed by atoms with Crippen LogP contribution in [0.25, 0.3) is 0 Å². The third-order valence-corrected chi connectivity index (χ3v) is 4.76. The molecule has 0 bridgehead atoms. The number of fused-ring (bicyclic) bond motifs is 1. The molecule has 2 rings (SSSR count). The average molecular weight is 244 g/mol. The van der Waals surface area contributed by atoms with Crippen molar-refractivity contribution in [3.8, 4) is 0 Å². The largest absolute Gasteiger partial charge is 0.103 e. The first-order chi connectivity index (χ1) is 8.86. The molecular weight excluding hydrogens is 216 g/mol. The summed E-state index contributed by atoms with van der Waals surface area (Å²) >= 11 is 0. The molecule has 0 N–H and O–H groups in total. The van der Waals surface area contributed by atoms with Gasteiger partial charge in [0, 0.05) is 0 Å². The van der Waals surface area contributed by atoms with Gasteiger partial charge in [-0.2, -0.15) is 0 Å². The zero-order chi connectivity index (χ0) is 12.8. The first kappa shape index (κ1) is 13.6. The summed E-state index contributed by atoms with van der Waals surface area (Å²) in [5, 5.41) is 0. The second kappa shape index (κ2) is 6.97. The molecule has 18 heavy (non-hydrogen) atoms. The van der Waals surface area contributed by atoms with Crippen molar-refractivity contribution in [2.45, 2.75) is 51.9 Å². The number of unbranched alkanes of at least 4 members (excludes halogenated alkanes) is 4. The molecule has 4 unspecified atom stereocenters. The molecule has 0 spiro atoms. The first-order valence-electron chi connectivity index (χ1n) is 7.82. The molecule has 0 aromatic carbocycles. The van der Waals surface area contributed by atoms with E-state index in [1.807, 2.05) is 0 Å². The Morgan fingerprint density at radius 1 is 1.22 bits per heavy atom. The number of hydrogen-bond acceptors (Lipinski definition) is 0. The van der Waals surface area contributed by atoms with Gasteiger partial charge >= 0.3 is 0 Å². The van der Waals surface area contributed by atoms with Crippen LogP contribution in [0.1, 0.15) is 51.9 Å². The van der Waals surface area contributed by atoms with E-state index in [-0.39, 0.29) is 0 Å². The highest BCUT2D eigenvalue weighted by Gasteiger charge is 2.40. The van der Waals surface area contributed by atoms with Crippen molar-refractivity contribution in [1.82, 2.24) is 0 Å². The normalized spacial score (nSPS) is 34.3. The van der Waals surface area contributed by atoms with Crippen molar-refractivity contribution in [2.24, 2.45) is 23.7 Å². The molecule has 1 fully saturated rings. The predicted molar refractivity (Wildman–Crippen MR) is 80.4 cm³/mol. The number of hydrogen-bond donors (Lipinski definition) is 0. The maximum atomic E-state index is 4.02. The van der Waals surface area contributed by atoms with Crippen molar-refractivity contribution in [2.75, 3.05) is 0 Å². The highest BCUT2D eigenvalue weighted by atomic mass is 14.4. The lowest BCUT2D eigenvalue weighted by atomic mass is 9.89. The lowest BCUT2D eigenvalue weighted by Gasteiger charge is -2.15. The van der Waals surface area contributed by atoms with Crippen molar-refractivity contribution in [3.63, 3.8) is 0 Å². The fraction of sp³-hybridized carbons (Fsp3) is 0.667. The number of rotatable bonds is 7. The summed E-state index contributed by atoms with van der Waals surface area (Å²) < 4.78 is 0. The zero-order valence-electron chi connectivity index (χ0n) is 11.9. The van der Waals surface area contributed by atoms with Gasteiger partial charge in [0.1, 0.15) is 0 Å². The molecule has 1 saturated carbocycles. The average Bonchev–Trinajstić information content (AvgIpc) is 2.96. The summed E-state index contributed by atoms with van der Waals surface area (Å²) in [5.74, 6) is 3.19. The fourth-order valence-electron chi connectivity index (χ4n) is 3.70. The van der Waals surface area contributed by atoms with Gasteiger partial charge in [0.25, 0.3) is 0 Å². The van der Waals surface area contributed by atoms with E-state index in [4.69, 9.17) is 0 Å². The molecule has 2 aliphatic carbocycles. The molecule has 2 aliphatic rings. The quantitative estimate of drug-likeness (QED) is 0.408. The summed E-state index contributed by atoms with van der Waals surface area (Å²) in [6, 6.07) is 0. The van der Waals surface area contributed by atoms with Crippen LogP contribution < -0.4 is 0 Å². The fourth-order valence-corrected chi connectivity index (χ4v) is 3.70. The van der Waals surface area contributed by atoms with E-state index >= 15 is 0 Å². The Labute approximate surface area is 113 Å². The van der Waals surface area contributed by atoms with Crippen LogP contribution in [0.2, 0.25) is 0 Å². The predicted octanol–water partition coefficient (Wildman–Crippen LogP) is 5.53. The molecule has 0 aromatic rings. The molecule has 100 valence electrons. The Bertz CT molecular complexity index is 310. The van der Waals surface area contributed by atoms with E-state index < -0.39 is 0 Å². The SMILES string of the molecule is C=CC1CC(/C=C/CCCCCC)C2C=CCC12. The minimum Gasteiger partial charge on any atom is -0.103 e. The van der Waals surface area contributed by atoms with Crippen molar-refractivity contribution >= 4 is 0 Å². The molecule has 0 heterocycles. The molecule has 0 radical (unpaired) electrons. The van der Waals surface area contributed by atoms with Crippen molar-refractivity contribution in [3.05, 3.63) is 37.0 Å². The van der Waals surface area contributed by atoms with Crippen LogP contribution in [-0.2, 0) is 0 Å². The van der Waals surface area contributed by atoms with Crippen LogP contribution in [0.3, 0.4) is 0 Å². The van der Waals surface area contributed by atoms with Crippen LogP contribution in [-0.4, -0.2) is 0 Å². The van der Waals surface area contributed by atoms with Gasteiger partial charge in [-0.25, -0.2) is 0 Å². The van der Waals surface area contributed by atoms with Crippen LogP contribution in [0.5, 0.6) is 0 Å².